The van der Waals surface area contributed by atoms with Gasteiger partial charge in [-0.15, -0.1) is 11.3 Å². The van der Waals surface area contributed by atoms with Crippen LogP contribution in [0, 0.1) is 0 Å². The Bertz CT molecular complexity index is 398. The monoisotopic (exact) mass is 269 g/mol. The van der Waals surface area contributed by atoms with Gasteiger partial charge in [0.15, 0.2) is 0 Å². The van der Waals surface area contributed by atoms with Crippen LogP contribution >= 0.6 is 11.3 Å². The third kappa shape index (κ3) is 3.82. The van der Waals surface area contributed by atoms with Crippen molar-refractivity contribution in [2.45, 2.75) is 18.9 Å². The van der Waals surface area contributed by atoms with Crippen LogP contribution in [0.2, 0.25) is 0 Å². The molecule has 1 N–H and O–H groups in total. The van der Waals surface area contributed by atoms with Crippen LogP contribution in [0.15, 0.2) is 17.5 Å². The smallest absolute Gasteiger partial charge is 0.325 e. The second-order valence-electron chi connectivity index (χ2n) is 3.98. The SMILES string of the molecule is O=C(CNC(=O)c1cccs1)OC[C@H]1CCCO1. The first kappa shape index (κ1) is 13.0. The maximum absolute atomic E-state index is 11.5. The number of hydrogen-bond donors (Lipinski definition) is 1. The van der Waals surface area contributed by atoms with Crippen molar-refractivity contribution in [2.75, 3.05) is 19.8 Å². The van der Waals surface area contributed by atoms with Gasteiger partial charge in [-0.05, 0) is 24.3 Å². The van der Waals surface area contributed by atoms with Gasteiger partial charge in [0, 0.05) is 6.61 Å². The topological polar surface area (TPSA) is 64.6 Å². The molecule has 1 amide bonds. The largest absolute Gasteiger partial charge is 0.462 e. The highest BCUT2D eigenvalue weighted by molar-refractivity contribution is 7.12. The maximum atomic E-state index is 11.5. The summed E-state index contributed by atoms with van der Waals surface area (Å²) in [7, 11) is 0. The van der Waals surface area contributed by atoms with Gasteiger partial charge in [0.1, 0.15) is 13.2 Å². The predicted octanol–water partition coefficient (Wildman–Crippen LogP) is 1.20. The zero-order valence-corrected chi connectivity index (χ0v) is 10.7. The van der Waals surface area contributed by atoms with Crippen LogP contribution in [0.1, 0.15) is 22.5 Å². The van der Waals surface area contributed by atoms with E-state index in [1.165, 1.54) is 11.3 Å². The number of nitrogens with one attached hydrogen (secondary N) is 1. The summed E-state index contributed by atoms with van der Waals surface area (Å²) < 4.78 is 10.3. The minimum atomic E-state index is -0.435. The van der Waals surface area contributed by atoms with Crippen molar-refractivity contribution >= 4 is 23.2 Å². The van der Waals surface area contributed by atoms with Gasteiger partial charge in [-0.2, -0.15) is 0 Å². The zero-order valence-electron chi connectivity index (χ0n) is 9.89. The molecular formula is C12H15NO4S. The molecule has 1 saturated heterocycles. The van der Waals surface area contributed by atoms with E-state index in [2.05, 4.69) is 5.32 Å². The van der Waals surface area contributed by atoms with E-state index in [1.807, 2.05) is 5.38 Å². The van der Waals surface area contributed by atoms with Crippen LogP contribution in [-0.4, -0.2) is 37.7 Å². The number of hydrogen-bond acceptors (Lipinski definition) is 5. The van der Waals surface area contributed by atoms with Gasteiger partial charge in [-0.1, -0.05) is 6.07 Å². The molecule has 1 aliphatic heterocycles. The fraction of sp³-hybridized carbons (Fsp3) is 0.500. The predicted molar refractivity (Wildman–Crippen MR) is 66.6 cm³/mol. The van der Waals surface area contributed by atoms with Gasteiger partial charge < -0.3 is 14.8 Å². The lowest BCUT2D eigenvalue weighted by molar-refractivity contribution is -0.145. The lowest BCUT2D eigenvalue weighted by atomic mass is 10.2. The Labute approximate surface area is 109 Å². The maximum Gasteiger partial charge on any atom is 0.325 e. The van der Waals surface area contributed by atoms with Crippen LogP contribution in [0.4, 0.5) is 0 Å². The van der Waals surface area contributed by atoms with E-state index in [0.29, 0.717) is 4.88 Å². The summed E-state index contributed by atoms with van der Waals surface area (Å²) >= 11 is 1.33. The van der Waals surface area contributed by atoms with Gasteiger partial charge in [0.25, 0.3) is 5.91 Å². The third-order valence-electron chi connectivity index (χ3n) is 2.59. The Morgan fingerprint density at radius 2 is 2.44 bits per heavy atom. The molecule has 0 spiro atoms. The highest BCUT2D eigenvalue weighted by Crippen LogP contribution is 2.12. The van der Waals surface area contributed by atoms with Crippen LogP contribution in [0.5, 0.6) is 0 Å². The molecule has 0 radical (unpaired) electrons. The highest BCUT2D eigenvalue weighted by atomic mass is 32.1. The first-order valence-corrected chi connectivity index (χ1v) is 6.72. The molecule has 1 aliphatic rings. The molecule has 18 heavy (non-hydrogen) atoms. The van der Waals surface area contributed by atoms with Gasteiger partial charge in [0.05, 0.1) is 11.0 Å². The number of carbonyl (C=O) groups is 2. The molecule has 1 aromatic heterocycles. The average molecular weight is 269 g/mol. The Hall–Kier alpha value is -1.40. The molecule has 2 rings (SSSR count). The molecule has 98 valence electrons. The van der Waals surface area contributed by atoms with Crippen LogP contribution in [0.25, 0.3) is 0 Å². The van der Waals surface area contributed by atoms with Crippen molar-refractivity contribution in [3.05, 3.63) is 22.4 Å². The van der Waals surface area contributed by atoms with Crippen molar-refractivity contribution in [3.63, 3.8) is 0 Å². The van der Waals surface area contributed by atoms with Gasteiger partial charge in [-0.3, -0.25) is 9.59 Å². The molecule has 1 atom stereocenters. The van der Waals surface area contributed by atoms with E-state index in [9.17, 15) is 9.59 Å². The molecule has 6 heteroatoms. The van der Waals surface area contributed by atoms with Gasteiger partial charge in [0.2, 0.25) is 0 Å². The first-order valence-electron chi connectivity index (χ1n) is 5.84. The average Bonchev–Trinajstić information content (AvgIpc) is 3.05. The van der Waals surface area contributed by atoms with Crippen LogP contribution < -0.4 is 5.32 Å². The lowest BCUT2D eigenvalue weighted by Crippen LogP contribution is -2.31. The summed E-state index contributed by atoms with van der Waals surface area (Å²) in [5, 5.41) is 4.33. The molecule has 0 aliphatic carbocycles. The number of esters is 1. The summed E-state index contributed by atoms with van der Waals surface area (Å²) in [5.74, 6) is -0.686. The standard InChI is InChI=1S/C12H15NO4S/c14-11(17-8-9-3-1-5-16-9)7-13-12(15)10-4-2-6-18-10/h2,4,6,9H,1,3,5,7-8H2,(H,13,15)/t9-/m1/s1. The molecule has 0 saturated carbocycles. The van der Waals surface area contributed by atoms with E-state index in [-0.39, 0.29) is 25.2 Å². The van der Waals surface area contributed by atoms with Crippen molar-refractivity contribution in [1.82, 2.24) is 5.32 Å². The number of amides is 1. The minimum Gasteiger partial charge on any atom is -0.462 e. The fourth-order valence-corrected chi connectivity index (χ4v) is 2.30. The summed E-state index contributed by atoms with van der Waals surface area (Å²) in [6, 6.07) is 3.49. The van der Waals surface area contributed by atoms with Gasteiger partial charge >= 0.3 is 5.97 Å². The van der Waals surface area contributed by atoms with E-state index in [0.717, 1.165) is 19.4 Å². The zero-order chi connectivity index (χ0) is 12.8. The summed E-state index contributed by atoms with van der Waals surface area (Å²) in [6.45, 7) is 0.897. The van der Waals surface area contributed by atoms with Gasteiger partial charge in [-0.25, -0.2) is 0 Å². The van der Waals surface area contributed by atoms with E-state index >= 15 is 0 Å². The van der Waals surface area contributed by atoms with Crippen molar-refractivity contribution < 1.29 is 19.1 Å². The molecule has 2 heterocycles. The molecule has 0 aromatic carbocycles. The summed E-state index contributed by atoms with van der Waals surface area (Å²) in [4.78, 5) is 23.5. The fourth-order valence-electron chi connectivity index (χ4n) is 1.66. The highest BCUT2D eigenvalue weighted by Gasteiger charge is 2.17. The first-order chi connectivity index (χ1) is 8.75. The van der Waals surface area contributed by atoms with E-state index in [4.69, 9.17) is 9.47 Å². The van der Waals surface area contributed by atoms with Crippen molar-refractivity contribution in [1.29, 1.82) is 0 Å². The summed E-state index contributed by atoms with van der Waals surface area (Å²) in [5.41, 5.74) is 0. The Morgan fingerprint density at radius 1 is 1.56 bits per heavy atom. The van der Waals surface area contributed by atoms with Crippen LogP contribution in [-0.2, 0) is 14.3 Å². The second kappa shape index (κ2) is 6.51. The lowest BCUT2D eigenvalue weighted by Gasteiger charge is -2.10. The van der Waals surface area contributed by atoms with Crippen molar-refractivity contribution in [2.24, 2.45) is 0 Å². The minimum absolute atomic E-state index is 0.0157. The number of ether oxygens (including phenoxy) is 2. The van der Waals surface area contributed by atoms with Crippen molar-refractivity contribution in [3.8, 4) is 0 Å². The molecule has 0 unspecified atom stereocenters. The molecule has 1 aromatic rings. The molecule has 0 bridgehead atoms. The Balaban J connectivity index is 1.63. The molecule has 5 nitrogen and oxygen atoms in total. The molecule has 1 fully saturated rings. The second-order valence-corrected chi connectivity index (χ2v) is 4.93. The third-order valence-corrected chi connectivity index (χ3v) is 3.46. The van der Waals surface area contributed by atoms with E-state index < -0.39 is 5.97 Å². The van der Waals surface area contributed by atoms with E-state index in [1.54, 1.807) is 12.1 Å². The Kier molecular flexibility index (Phi) is 4.72. The number of rotatable bonds is 5. The molecular weight excluding hydrogens is 254 g/mol. The Morgan fingerprint density at radius 3 is 3.11 bits per heavy atom. The summed E-state index contributed by atoms with van der Waals surface area (Å²) in [6.07, 6.45) is 1.95. The quantitative estimate of drug-likeness (QED) is 0.816. The number of carbonyl (C=O) groups excluding carboxylic acids is 2. The van der Waals surface area contributed by atoms with Crippen LogP contribution in [0.3, 0.4) is 0 Å². The normalized spacial score (nSPS) is 18.6. The number of thiophene rings is 1.